The maximum absolute atomic E-state index is 12.6. The smallest absolute Gasteiger partial charge is 0.248 e. The van der Waals surface area contributed by atoms with Crippen molar-refractivity contribution in [1.29, 1.82) is 0 Å². The molecule has 0 spiro atoms. The Morgan fingerprint density at radius 3 is 2.47 bits per heavy atom. The van der Waals surface area contributed by atoms with Gasteiger partial charge >= 0.3 is 0 Å². The average molecular weight is 258 g/mol. The van der Waals surface area contributed by atoms with E-state index in [0.29, 0.717) is 5.56 Å². The Labute approximate surface area is 104 Å². The fourth-order valence-corrected chi connectivity index (χ4v) is 2.09. The van der Waals surface area contributed by atoms with Gasteiger partial charge < -0.3 is 15.7 Å². The summed E-state index contributed by atoms with van der Waals surface area (Å²) < 4.78 is 17.5. The molecule has 0 saturated carbocycles. The number of nitrogens with two attached hydrogens (primary N) is 2. The molecule has 4 nitrogen and oxygen atoms in total. The summed E-state index contributed by atoms with van der Waals surface area (Å²) >= 11 is 1.10. The third-order valence-corrected chi connectivity index (χ3v) is 3.31. The van der Waals surface area contributed by atoms with Crippen LogP contribution in [0.5, 0.6) is 0 Å². The van der Waals surface area contributed by atoms with E-state index in [1.807, 2.05) is 0 Å². The van der Waals surface area contributed by atoms with Crippen LogP contribution in [-0.4, -0.2) is 25.7 Å². The number of carbonyl (C=O) groups is 1. The SMILES string of the molecule is COSC(c1ccc(C(N)=O)cc1)C(N)CF. The molecule has 6 heteroatoms. The van der Waals surface area contributed by atoms with E-state index in [9.17, 15) is 9.18 Å². The molecule has 0 aliphatic carbocycles. The Hall–Kier alpha value is -1.11. The minimum absolute atomic E-state index is 0.313. The van der Waals surface area contributed by atoms with Gasteiger partial charge in [-0.3, -0.25) is 4.79 Å². The van der Waals surface area contributed by atoms with Crippen LogP contribution < -0.4 is 11.5 Å². The van der Waals surface area contributed by atoms with E-state index in [1.165, 1.54) is 7.11 Å². The Kier molecular flexibility index (Phi) is 5.40. The molecule has 1 aromatic carbocycles. The monoisotopic (exact) mass is 258 g/mol. The molecule has 0 fully saturated rings. The minimum atomic E-state index is -0.653. The summed E-state index contributed by atoms with van der Waals surface area (Å²) in [5.41, 5.74) is 12.0. The molecule has 94 valence electrons. The highest BCUT2D eigenvalue weighted by Gasteiger charge is 2.21. The van der Waals surface area contributed by atoms with Gasteiger partial charge in [-0.25, -0.2) is 4.39 Å². The molecule has 0 aliphatic rings. The second-order valence-corrected chi connectivity index (χ2v) is 4.52. The van der Waals surface area contributed by atoms with Crippen molar-refractivity contribution in [3.05, 3.63) is 35.4 Å². The van der Waals surface area contributed by atoms with Crippen molar-refractivity contribution >= 4 is 17.9 Å². The number of hydrogen-bond acceptors (Lipinski definition) is 4. The van der Waals surface area contributed by atoms with Gasteiger partial charge in [-0.15, -0.1) is 0 Å². The van der Waals surface area contributed by atoms with Gasteiger partial charge in [0.25, 0.3) is 0 Å². The molecule has 0 aliphatic heterocycles. The molecule has 2 atom stereocenters. The van der Waals surface area contributed by atoms with Crippen molar-refractivity contribution in [3.63, 3.8) is 0 Å². The Morgan fingerprint density at radius 2 is 2.06 bits per heavy atom. The molecule has 17 heavy (non-hydrogen) atoms. The van der Waals surface area contributed by atoms with Crippen LogP contribution >= 0.6 is 12.0 Å². The van der Waals surface area contributed by atoms with Crippen LogP contribution in [0.25, 0.3) is 0 Å². The van der Waals surface area contributed by atoms with Gasteiger partial charge in [0.2, 0.25) is 5.91 Å². The van der Waals surface area contributed by atoms with Gasteiger partial charge in [-0.05, 0) is 17.7 Å². The summed E-state index contributed by atoms with van der Waals surface area (Å²) in [5.74, 6) is -0.498. The van der Waals surface area contributed by atoms with Crippen molar-refractivity contribution in [1.82, 2.24) is 0 Å². The van der Waals surface area contributed by atoms with Crippen LogP contribution in [-0.2, 0) is 4.18 Å². The van der Waals surface area contributed by atoms with Crippen LogP contribution in [0, 0.1) is 0 Å². The fraction of sp³-hybridized carbons (Fsp3) is 0.364. The molecule has 0 aromatic heterocycles. The first-order valence-electron chi connectivity index (χ1n) is 5.01. The van der Waals surface area contributed by atoms with Gasteiger partial charge in [-0.1, -0.05) is 12.1 Å². The molecule has 0 radical (unpaired) electrons. The van der Waals surface area contributed by atoms with Crippen molar-refractivity contribution in [2.75, 3.05) is 13.8 Å². The minimum Gasteiger partial charge on any atom is -0.366 e. The molecule has 0 heterocycles. The van der Waals surface area contributed by atoms with Crippen LogP contribution in [0.4, 0.5) is 4.39 Å². The normalized spacial score (nSPS) is 14.3. The first kappa shape index (κ1) is 14.0. The predicted molar refractivity (Wildman–Crippen MR) is 66.3 cm³/mol. The molecule has 0 bridgehead atoms. The third-order valence-electron chi connectivity index (χ3n) is 2.29. The lowest BCUT2D eigenvalue weighted by Gasteiger charge is -2.20. The highest BCUT2D eigenvalue weighted by atomic mass is 32.2. The summed E-state index contributed by atoms with van der Waals surface area (Å²) in [7, 11) is 1.50. The van der Waals surface area contributed by atoms with Crippen molar-refractivity contribution in [2.45, 2.75) is 11.3 Å². The van der Waals surface area contributed by atoms with Crippen LogP contribution in [0.1, 0.15) is 21.2 Å². The van der Waals surface area contributed by atoms with E-state index >= 15 is 0 Å². The quantitative estimate of drug-likeness (QED) is 0.756. The molecular weight excluding hydrogens is 243 g/mol. The van der Waals surface area contributed by atoms with Crippen LogP contribution in [0.15, 0.2) is 24.3 Å². The number of alkyl halides is 1. The summed E-state index contributed by atoms with van der Waals surface area (Å²) in [6.45, 7) is -0.640. The van der Waals surface area contributed by atoms with Gasteiger partial charge in [-0.2, -0.15) is 0 Å². The van der Waals surface area contributed by atoms with Crippen LogP contribution in [0.2, 0.25) is 0 Å². The number of rotatable bonds is 6. The first-order valence-corrected chi connectivity index (χ1v) is 5.81. The number of primary amides is 1. The Balaban J connectivity index is 2.90. The van der Waals surface area contributed by atoms with E-state index in [0.717, 1.165) is 17.6 Å². The molecule has 0 saturated heterocycles. The lowest BCUT2D eigenvalue weighted by Crippen LogP contribution is -2.28. The summed E-state index contributed by atoms with van der Waals surface area (Å²) in [6, 6.07) is 5.93. The van der Waals surface area contributed by atoms with E-state index in [-0.39, 0.29) is 5.25 Å². The van der Waals surface area contributed by atoms with Gasteiger partial charge in [0, 0.05) is 17.6 Å². The number of halogens is 1. The lowest BCUT2D eigenvalue weighted by molar-refractivity contribution is 0.100. The number of benzene rings is 1. The summed E-state index contributed by atoms with van der Waals surface area (Å²) in [6.07, 6.45) is 0. The standard InChI is InChI=1S/C11H15FN2O2S/c1-16-17-10(9(13)6-12)7-2-4-8(5-3-7)11(14)15/h2-5,9-10H,6,13H2,1H3,(H2,14,15). The van der Waals surface area contributed by atoms with Crippen molar-refractivity contribution in [3.8, 4) is 0 Å². The maximum Gasteiger partial charge on any atom is 0.248 e. The average Bonchev–Trinajstić information content (AvgIpc) is 2.35. The molecule has 1 aromatic rings. The summed E-state index contributed by atoms with van der Waals surface area (Å²) in [5, 5.41) is -0.313. The van der Waals surface area contributed by atoms with Gasteiger partial charge in [0.1, 0.15) is 6.67 Å². The zero-order chi connectivity index (χ0) is 12.8. The second-order valence-electron chi connectivity index (χ2n) is 3.49. The van der Waals surface area contributed by atoms with Gasteiger partial charge in [0.15, 0.2) is 0 Å². The number of hydrogen-bond donors (Lipinski definition) is 2. The largest absolute Gasteiger partial charge is 0.366 e. The van der Waals surface area contributed by atoms with E-state index < -0.39 is 18.6 Å². The zero-order valence-corrected chi connectivity index (χ0v) is 10.2. The highest BCUT2D eigenvalue weighted by molar-refractivity contribution is 7.94. The Morgan fingerprint density at radius 1 is 1.47 bits per heavy atom. The van der Waals surface area contributed by atoms with Crippen molar-refractivity contribution in [2.24, 2.45) is 11.5 Å². The summed E-state index contributed by atoms with van der Waals surface area (Å²) in [4.78, 5) is 10.9. The third kappa shape index (κ3) is 3.69. The second kappa shape index (κ2) is 6.58. The number of carbonyl (C=O) groups excluding carboxylic acids is 1. The Bertz CT molecular complexity index is 372. The topological polar surface area (TPSA) is 78.3 Å². The van der Waals surface area contributed by atoms with Crippen molar-refractivity contribution < 1.29 is 13.4 Å². The lowest BCUT2D eigenvalue weighted by atomic mass is 10.0. The van der Waals surface area contributed by atoms with Gasteiger partial charge in [0.05, 0.1) is 18.4 Å². The van der Waals surface area contributed by atoms with Crippen LogP contribution in [0.3, 0.4) is 0 Å². The molecule has 1 amide bonds. The van der Waals surface area contributed by atoms with E-state index in [2.05, 4.69) is 0 Å². The first-order chi connectivity index (χ1) is 8.10. The molecule has 2 unspecified atom stereocenters. The number of amides is 1. The molecule has 4 N–H and O–H groups in total. The van der Waals surface area contributed by atoms with E-state index in [4.69, 9.17) is 15.7 Å². The highest BCUT2D eigenvalue weighted by Crippen LogP contribution is 2.31. The molecule has 1 rings (SSSR count). The fourth-order valence-electron chi connectivity index (χ4n) is 1.40. The predicted octanol–water partition coefficient (Wildman–Crippen LogP) is 1.42. The zero-order valence-electron chi connectivity index (χ0n) is 9.43. The van der Waals surface area contributed by atoms with E-state index in [1.54, 1.807) is 24.3 Å². The maximum atomic E-state index is 12.6. The molecular formula is C11H15FN2O2S.